The van der Waals surface area contributed by atoms with E-state index in [0.29, 0.717) is 11.4 Å². The summed E-state index contributed by atoms with van der Waals surface area (Å²) in [5, 5.41) is 4.26. The number of thiazole rings is 1. The highest BCUT2D eigenvalue weighted by Crippen LogP contribution is 2.28. The van der Waals surface area contributed by atoms with Crippen LogP contribution in [0.3, 0.4) is 0 Å². The van der Waals surface area contributed by atoms with E-state index in [2.05, 4.69) is 22.4 Å². The third-order valence-electron chi connectivity index (χ3n) is 5.50. The van der Waals surface area contributed by atoms with Crippen LogP contribution in [0.15, 0.2) is 60.9 Å². The highest BCUT2D eigenvalue weighted by Gasteiger charge is 2.18. The van der Waals surface area contributed by atoms with E-state index in [9.17, 15) is 4.79 Å². The van der Waals surface area contributed by atoms with Crippen molar-refractivity contribution in [3.8, 4) is 17.0 Å². The number of hydrogen-bond acceptors (Lipinski definition) is 4. The van der Waals surface area contributed by atoms with E-state index in [1.807, 2.05) is 60.1 Å². The van der Waals surface area contributed by atoms with Crippen LogP contribution in [0.1, 0.15) is 20.9 Å². The highest BCUT2D eigenvalue weighted by molar-refractivity contribution is 7.19. The molecule has 0 fully saturated rings. The normalized spacial score (nSPS) is 11.3. The first-order valence-electron chi connectivity index (χ1n) is 10.1. The number of aromatic amines is 1. The van der Waals surface area contributed by atoms with Crippen LogP contribution in [0.4, 0.5) is 0 Å². The largest absolute Gasteiger partial charge is 0.497 e. The summed E-state index contributed by atoms with van der Waals surface area (Å²) in [4.78, 5) is 22.3. The van der Waals surface area contributed by atoms with Gasteiger partial charge in [-0.1, -0.05) is 29.5 Å². The number of carbonyl (C=O) groups excluding carboxylic acids is 1. The van der Waals surface area contributed by atoms with Gasteiger partial charge in [0.15, 0.2) is 4.96 Å². The third kappa shape index (κ3) is 3.57. The Labute approximate surface area is 183 Å². The van der Waals surface area contributed by atoms with E-state index in [-0.39, 0.29) is 5.91 Å². The number of aromatic nitrogens is 3. The molecular weight excluding hydrogens is 408 g/mol. The maximum atomic E-state index is 12.8. The van der Waals surface area contributed by atoms with Crippen LogP contribution in [0.5, 0.6) is 5.75 Å². The predicted molar refractivity (Wildman–Crippen MR) is 124 cm³/mol. The van der Waals surface area contributed by atoms with Crippen molar-refractivity contribution >= 4 is 33.1 Å². The Balaban J connectivity index is 1.29. The van der Waals surface area contributed by atoms with Crippen molar-refractivity contribution in [2.45, 2.75) is 13.3 Å². The first-order chi connectivity index (χ1) is 15.1. The lowest BCUT2D eigenvalue weighted by Crippen LogP contribution is -2.25. The molecule has 6 nitrogen and oxygen atoms in total. The Bertz CT molecular complexity index is 1380. The molecule has 0 unspecified atom stereocenters. The van der Waals surface area contributed by atoms with Crippen molar-refractivity contribution in [3.05, 3.63) is 77.1 Å². The first-order valence-corrected chi connectivity index (χ1v) is 10.9. The number of nitrogens with zero attached hydrogens (tertiary/aromatic N) is 2. The molecule has 31 heavy (non-hydrogen) atoms. The topological polar surface area (TPSA) is 71.4 Å². The predicted octanol–water partition coefficient (Wildman–Crippen LogP) is 4.83. The second-order valence-electron chi connectivity index (χ2n) is 7.39. The lowest BCUT2D eigenvalue weighted by atomic mass is 10.1. The number of nitrogens with one attached hydrogen (secondary N) is 2. The van der Waals surface area contributed by atoms with Crippen LogP contribution in [0.2, 0.25) is 0 Å². The minimum Gasteiger partial charge on any atom is -0.497 e. The average Bonchev–Trinajstić information content (AvgIpc) is 3.48. The van der Waals surface area contributed by atoms with Gasteiger partial charge in [0, 0.05) is 41.1 Å². The number of para-hydroxylation sites is 1. The summed E-state index contributed by atoms with van der Waals surface area (Å²) in [6.07, 6.45) is 4.77. The van der Waals surface area contributed by atoms with Gasteiger partial charge in [0.25, 0.3) is 5.91 Å². The average molecular weight is 431 g/mol. The van der Waals surface area contributed by atoms with Crippen molar-refractivity contribution in [2.24, 2.45) is 0 Å². The number of ether oxygens (including phenoxy) is 1. The van der Waals surface area contributed by atoms with Crippen molar-refractivity contribution in [2.75, 3.05) is 13.7 Å². The molecule has 0 saturated heterocycles. The molecule has 0 aliphatic carbocycles. The van der Waals surface area contributed by atoms with Gasteiger partial charge in [0.2, 0.25) is 0 Å². The number of hydrogen-bond donors (Lipinski definition) is 2. The van der Waals surface area contributed by atoms with Crippen LogP contribution in [0.25, 0.3) is 27.1 Å². The zero-order valence-electron chi connectivity index (χ0n) is 17.3. The van der Waals surface area contributed by atoms with Gasteiger partial charge in [0.1, 0.15) is 10.6 Å². The molecule has 156 valence electrons. The molecule has 2 aromatic carbocycles. The Hall–Kier alpha value is -3.58. The summed E-state index contributed by atoms with van der Waals surface area (Å²) in [5.74, 6) is 0.756. The van der Waals surface area contributed by atoms with Gasteiger partial charge in [-0.15, -0.1) is 0 Å². The Morgan fingerprint density at radius 1 is 1.19 bits per heavy atom. The molecule has 1 amide bonds. The third-order valence-corrected chi connectivity index (χ3v) is 6.66. The summed E-state index contributed by atoms with van der Waals surface area (Å²) >= 11 is 1.41. The van der Waals surface area contributed by atoms with E-state index in [4.69, 9.17) is 9.72 Å². The summed E-state index contributed by atoms with van der Waals surface area (Å²) in [7, 11) is 1.65. The summed E-state index contributed by atoms with van der Waals surface area (Å²) < 4.78 is 7.20. The number of rotatable bonds is 6. The molecule has 3 heterocycles. The number of carbonyl (C=O) groups is 1. The molecule has 0 bridgehead atoms. The molecule has 5 aromatic rings. The molecule has 3 aromatic heterocycles. The van der Waals surface area contributed by atoms with E-state index >= 15 is 0 Å². The Kier molecular flexibility index (Phi) is 4.95. The maximum absolute atomic E-state index is 12.8. The minimum absolute atomic E-state index is 0.0566. The van der Waals surface area contributed by atoms with Crippen LogP contribution in [-0.4, -0.2) is 33.9 Å². The van der Waals surface area contributed by atoms with Crippen LogP contribution in [0, 0.1) is 6.92 Å². The number of amides is 1. The molecular formula is C24H22N4O2S. The molecule has 2 N–H and O–H groups in total. The molecule has 0 radical (unpaired) electrons. The molecule has 5 rings (SSSR count). The van der Waals surface area contributed by atoms with Gasteiger partial charge in [-0.3, -0.25) is 9.20 Å². The van der Waals surface area contributed by atoms with Crippen molar-refractivity contribution in [1.29, 1.82) is 0 Å². The maximum Gasteiger partial charge on any atom is 0.263 e. The van der Waals surface area contributed by atoms with Crippen LogP contribution in [-0.2, 0) is 6.42 Å². The van der Waals surface area contributed by atoms with Crippen LogP contribution >= 0.6 is 11.3 Å². The number of H-pyrrole nitrogens is 1. The Morgan fingerprint density at radius 2 is 2.00 bits per heavy atom. The van der Waals surface area contributed by atoms with Crippen molar-refractivity contribution in [3.63, 3.8) is 0 Å². The van der Waals surface area contributed by atoms with E-state index in [0.717, 1.165) is 39.6 Å². The van der Waals surface area contributed by atoms with Crippen LogP contribution < -0.4 is 10.1 Å². The number of methoxy groups -OCH3 is 1. The van der Waals surface area contributed by atoms with Gasteiger partial charge in [-0.25, -0.2) is 4.98 Å². The number of fused-ring (bicyclic) bond motifs is 2. The summed E-state index contributed by atoms with van der Waals surface area (Å²) in [6.45, 7) is 2.54. The van der Waals surface area contributed by atoms with Crippen molar-refractivity contribution < 1.29 is 9.53 Å². The zero-order valence-corrected chi connectivity index (χ0v) is 18.1. The molecule has 0 aliphatic rings. The number of imidazole rings is 1. The lowest BCUT2D eigenvalue weighted by Gasteiger charge is -2.04. The number of benzene rings is 2. The first kappa shape index (κ1) is 19.4. The smallest absolute Gasteiger partial charge is 0.263 e. The standard InChI is InChI=1S/C24H22N4O2S/c1-15-22(23(29)25-12-11-17-13-26-20-6-4-3-5-19(17)20)31-24-27-21(14-28(15)24)16-7-9-18(30-2)10-8-16/h3-10,13-14,26H,11-12H2,1-2H3,(H,25,29). The fraction of sp³-hybridized carbons (Fsp3) is 0.167. The lowest BCUT2D eigenvalue weighted by molar-refractivity contribution is 0.0957. The molecule has 0 saturated carbocycles. The fourth-order valence-electron chi connectivity index (χ4n) is 3.79. The quantitative estimate of drug-likeness (QED) is 0.405. The van der Waals surface area contributed by atoms with Gasteiger partial charge in [0.05, 0.1) is 12.8 Å². The van der Waals surface area contributed by atoms with E-state index < -0.39 is 0 Å². The second kappa shape index (κ2) is 7.92. The van der Waals surface area contributed by atoms with E-state index in [1.165, 1.54) is 22.3 Å². The van der Waals surface area contributed by atoms with Gasteiger partial charge in [-0.2, -0.15) is 0 Å². The second-order valence-corrected chi connectivity index (χ2v) is 8.37. The molecule has 0 aliphatic heterocycles. The Morgan fingerprint density at radius 3 is 2.77 bits per heavy atom. The zero-order chi connectivity index (χ0) is 21.4. The highest BCUT2D eigenvalue weighted by atomic mass is 32.1. The molecule has 0 spiro atoms. The van der Waals surface area contributed by atoms with Gasteiger partial charge >= 0.3 is 0 Å². The minimum atomic E-state index is -0.0566. The summed E-state index contributed by atoms with van der Waals surface area (Å²) in [5.41, 5.74) is 5.12. The van der Waals surface area contributed by atoms with Gasteiger partial charge < -0.3 is 15.0 Å². The summed E-state index contributed by atoms with van der Waals surface area (Å²) in [6, 6.07) is 16.0. The van der Waals surface area contributed by atoms with Crippen molar-refractivity contribution in [1.82, 2.24) is 19.7 Å². The van der Waals surface area contributed by atoms with E-state index in [1.54, 1.807) is 7.11 Å². The van der Waals surface area contributed by atoms with Gasteiger partial charge in [-0.05, 0) is 49.2 Å². The fourth-order valence-corrected chi connectivity index (χ4v) is 4.82. The number of aryl methyl sites for hydroxylation is 1. The monoisotopic (exact) mass is 430 g/mol. The molecule has 0 atom stereocenters. The molecule has 7 heteroatoms. The SMILES string of the molecule is COc1ccc(-c2cn3c(C)c(C(=O)NCCc4c[nH]c5ccccc45)sc3n2)cc1.